The smallest absolute Gasteiger partial charge is 0.229 e. The van der Waals surface area contributed by atoms with Crippen LogP contribution in [0.1, 0.15) is 12.6 Å². The van der Waals surface area contributed by atoms with Crippen molar-refractivity contribution in [3.05, 3.63) is 65.3 Å². The van der Waals surface area contributed by atoms with Crippen molar-refractivity contribution in [2.24, 2.45) is 0 Å². The summed E-state index contributed by atoms with van der Waals surface area (Å²) in [6.07, 6.45) is 0. The van der Waals surface area contributed by atoms with Crippen LogP contribution in [0.15, 0.2) is 54.6 Å². The Bertz CT molecular complexity index is 870. The van der Waals surface area contributed by atoms with Gasteiger partial charge < -0.3 is 15.4 Å². The Morgan fingerprint density at radius 3 is 2.44 bits per heavy atom. The van der Waals surface area contributed by atoms with Gasteiger partial charge in [-0.05, 0) is 38.1 Å². The molecule has 0 saturated carbocycles. The number of nitrogens with one attached hydrogen (secondary N) is 2. The van der Waals surface area contributed by atoms with Crippen molar-refractivity contribution in [3.63, 3.8) is 0 Å². The van der Waals surface area contributed by atoms with Gasteiger partial charge in [-0.1, -0.05) is 35.9 Å². The number of ether oxygens (including phenoxy) is 1. The molecule has 3 aromatic rings. The summed E-state index contributed by atoms with van der Waals surface area (Å²) in [6, 6.07) is 17.1. The van der Waals surface area contributed by atoms with Crippen LogP contribution in [0.3, 0.4) is 0 Å². The fourth-order valence-corrected chi connectivity index (χ4v) is 2.54. The molecule has 0 atom stereocenters. The Labute approximate surface area is 152 Å². The lowest BCUT2D eigenvalue weighted by atomic mass is 10.3. The number of hydrogen-bond acceptors (Lipinski definition) is 5. The minimum atomic E-state index is 0.476. The molecule has 128 valence electrons. The quantitative estimate of drug-likeness (QED) is 0.627. The highest BCUT2D eigenvalue weighted by Crippen LogP contribution is 2.28. The van der Waals surface area contributed by atoms with Crippen molar-refractivity contribution in [2.45, 2.75) is 13.8 Å². The maximum absolute atomic E-state index is 6.19. The third-order valence-electron chi connectivity index (χ3n) is 3.42. The molecule has 0 aliphatic carbocycles. The number of benzene rings is 2. The lowest BCUT2D eigenvalue weighted by Gasteiger charge is -2.13. The number of anilines is 4. The average molecular weight is 355 g/mol. The van der Waals surface area contributed by atoms with E-state index in [0.29, 0.717) is 23.4 Å². The van der Waals surface area contributed by atoms with E-state index in [1.54, 1.807) is 0 Å². The molecule has 0 saturated heterocycles. The molecule has 1 heterocycles. The van der Waals surface area contributed by atoms with Crippen LogP contribution in [0.4, 0.5) is 23.1 Å². The van der Waals surface area contributed by atoms with Gasteiger partial charge in [0.15, 0.2) is 0 Å². The Kier molecular flexibility index (Phi) is 5.36. The lowest BCUT2D eigenvalue weighted by Crippen LogP contribution is -2.04. The third-order valence-corrected chi connectivity index (χ3v) is 3.75. The number of hydrogen-bond donors (Lipinski definition) is 2. The van der Waals surface area contributed by atoms with Gasteiger partial charge in [-0.25, -0.2) is 4.98 Å². The van der Waals surface area contributed by atoms with Gasteiger partial charge in [0.2, 0.25) is 5.95 Å². The summed E-state index contributed by atoms with van der Waals surface area (Å²) < 4.78 is 5.64. The SMILES string of the molecule is CCOc1ccccc1Nc1cc(C)nc(Nc2ccccc2Cl)n1. The van der Waals surface area contributed by atoms with E-state index in [0.717, 1.165) is 22.8 Å². The summed E-state index contributed by atoms with van der Waals surface area (Å²) in [5.74, 6) is 1.93. The maximum Gasteiger partial charge on any atom is 0.229 e. The molecule has 3 rings (SSSR count). The van der Waals surface area contributed by atoms with Crippen molar-refractivity contribution in [3.8, 4) is 5.75 Å². The monoisotopic (exact) mass is 354 g/mol. The van der Waals surface area contributed by atoms with E-state index >= 15 is 0 Å². The molecule has 6 heteroatoms. The molecule has 0 aliphatic heterocycles. The number of aromatic nitrogens is 2. The van der Waals surface area contributed by atoms with E-state index in [9.17, 15) is 0 Å². The van der Waals surface area contributed by atoms with Gasteiger partial charge in [0, 0.05) is 11.8 Å². The number of nitrogens with zero attached hydrogens (tertiary/aromatic N) is 2. The molecule has 2 aromatic carbocycles. The highest BCUT2D eigenvalue weighted by molar-refractivity contribution is 6.33. The average Bonchev–Trinajstić information content (AvgIpc) is 2.58. The molecule has 0 radical (unpaired) electrons. The van der Waals surface area contributed by atoms with Crippen molar-refractivity contribution in [2.75, 3.05) is 17.2 Å². The van der Waals surface area contributed by atoms with Crippen LogP contribution >= 0.6 is 11.6 Å². The van der Waals surface area contributed by atoms with E-state index in [1.165, 1.54) is 0 Å². The fourth-order valence-electron chi connectivity index (χ4n) is 2.36. The first-order valence-electron chi connectivity index (χ1n) is 8.02. The molecule has 1 aromatic heterocycles. The summed E-state index contributed by atoms with van der Waals surface area (Å²) in [6.45, 7) is 4.47. The molecule has 0 aliphatic rings. The van der Waals surface area contributed by atoms with Gasteiger partial charge in [0.05, 0.1) is 23.0 Å². The standard InChI is InChI=1S/C19H19ClN4O/c1-3-25-17-11-7-6-10-16(17)22-18-12-13(2)21-19(24-18)23-15-9-5-4-8-14(15)20/h4-12H,3H2,1-2H3,(H2,21,22,23,24). The molecule has 5 nitrogen and oxygen atoms in total. The number of aryl methyl sites for hydroxylation is 1. The highest BCUT2D eigenvalue weighted by atomic mass is 35.5. The first-order valence-corrected chi connectivity index (χ1v) is 8.39. The van der Waals surface area contributed by atoms with Crippen molar-refractivity contribution in [1.82, 2.24) is 9.97 Å². The molecule has 25 heavy (non-hydrogen) atoms. The predicted molar refractivity (Wildman–Crippen MR) is 102 cm³/mol. The van der Waals surface area contributed by atoms with Crippen molar-refractivity contribution >= 4 is 34.7 Å². The summed E-state index contributed by atoms with van der Waals surface area (Å²) >= 11 is 6.19. The molecule has 0 spiro atoms. The summed E-state index contributed by atoms with van der Waals surface area (Å²) in [4.78, 5) is 8.94. The van der Waals surface area contributed by atoms with E-state index < -0.39 is 0 Å². The fraction of sp³-hybridized carbons (Fsp3) is 0.158. The van der Waals surface area contributed by atoms with E-state index in [-0.39, 0.29) is 0 Å². The highest BCUT2D eigenvalue weighted by Gasteiger charge is 2.08. The Balaban J connectivity index is 1.86. The number of rotatable bonds is 6. The normalized spacial score (nSPS) is 10.4. The molecule has 0 fully saturated rings. The second kappa shape index (κ2) is 7.85. The number of halogens is 1. The summed E-state index contributed by atoms with van der Waals surface area (Å²) in [5, 5.41) is 7.06. The zero-order valence-electron chi connectivity index (χ0n) is 14.1. The van der Waals surface area contributed by atoms with E-state index in [1.807, 2.05) is 68.4 Å². The van der Waals surface area contributed by atoms with Crippen LogP contribution in [-0.4, -0.2) is 16.6 Å². The predicted octanol–water partition coefficient (Wildman–Crippen LogP) is 5.32. The van der Waals surface area contributed by atoms with Gasteiger partial charge in [-0.2, -0.15) is 4.98 Å². The Hall–Kier alpha value is -2.79. The van der Waals surface area contributed by atoms with Crippen LogP contribution < -0.4 is 15.4 Å². The second-order valence-corrected chi connectivity index (χ2v) is 5.78. The third kappa shape index (κ3) is 4.39. The van der Waals surface area contributed by atoms with Crippen LogP contribution in [0.2, 0.25) is 5.02 Å². The topological polar surface area (TPSA) is 59.1 Å². The van der Waals surface area contributed by atoms with E-state index in [4.69, 9.17) is 16.3 Å². The van der Waals surface area contributed by atoms with Crippen LogP contribution in [0.25, 0.3) is 0 Å². The van der Waals surface area contributed by atoms with Crippen LogP contribution in [0, 0.1) is 6.92 Å². The van der Waals surface area contributed by atoms with Gasteiger partial charge in [-0.15, -0.1) is 0 Å². The van der Waals surface area contributed by atoms with E-state index in [2.05, 4.69) is 20.6 Å². The largest absolute Gasteiger partial charge is 0.492 e. The molecule has 0 bridgehead atoms. The Morgan fingerprint density at radius 1 is 0.960 bits per heavy atom. The maximum atomic E-state index is 6.19. The number of para-hydroxylation sites is 3. The van der Waals surface area contributed by atoms with Gasteiger partial charge in [0.1, 0.15) is 11.6 Å². The second-order valence-electron chi connectivity index (χ2n) is 5.38. The van der Waals surface area contributed by atoms with Gasteiger partial charge >= 0.3 is 0 Å². The van der Waals surface area contributed by atoms with Gasteiger partial charge in [-0.3, -0.25) is 0 Å². The first-order chi connectivity index (χ1) is 12.2. The van der Waals surface area contributed by atoms with Crippen molar-refractivity contribution < 1.29 is 4.74 Å². The molecule has 2 N–H and O–H groups in total. The molecular weight excluding hydrogens is 336 g/mol. The minimum absolute atomic E-state index is 0.476. The van der Waals surface area contributed by atoms with Crippen molar-refractivity contribution in [1.29, 1.82) is 0 Å². The summed E-state index contributed by atoms with van der Waals surface area (Å²) in [5.41, 5.74) is 2.45. The van der Waals surface area contributed by atoms with Crippen LogP contribution in [-0.2, 0) is 0 Å². The lowest BCUT2D eigenvalue weighted by molar-refractivity contribution is 0.342. The molecule has 0 amide bonds. The zero-order chi connectivity index (χ0) is 17.6. The molecule has 0 unspecified atom stereocenters. The minimum Gasteiger partial charge on any atom is -0.492 e. The first kappa shape index (κ1) is 17.0. The Morgan fingerprint density at radius 2 is 1.68 bits per heavy atom. The summed E-state index contributed by atoms with van der Waals surface area (Å²) in [7, 11) is 0. The van der Waals surface area contributed by atoms with Gasteiger partial charge in [0.25, 0.3) is 0 Å². The molecular formula is C19H19ClN4O. The van der Waals surface area contributed by atoms with Crippen LogP contribution in [0.5, 0.6) is 5.75 Å². The zero-order valence-corrected chi connectivity index (χ0v) is 14.8.